The van der Waals surface area contributed by atoms with Gasteiger partial charge >= 0.3 is 0 Å². The second kappa shape index (κ2) is 5.01. The molecule has 1 atom stereocenters. The molecular formula is C15H22N2O. The second-order valence-electron chi connectivity index (χ2n) is 4.70. The molecule has 2 rings (SSSR count). The molecule has 0 aromatic heterocycles. The number of carbonyl (C=O) groups excluding carboxylic acids is 1. The van der Waals surface area contributed by atoms with E-state index in [0.717, 1.165) is 36.6 Å². The molecule has 0 aliphatic carbocycles. The van der Waals surface area contributed by atoms with Gasteiger partial charge in [0.2, 0.25) is 0 Å². The Kier molecular flexibility index (Phi) is 3.60. The van der Waals surface area contributed by atoms with E-state index in [0.29, 0.717) is 0 Å². The zero-order valence-corrected chi connectivity index (χ0v) is 11.7. The predicted molar refractivity (Wildman–Crippen MR) is 76.8 cm³/mol. The van der Waals surface area contributed by atoms with Crippen LogP contribution in [0, 0.1) is 0 Å². The molecule has 1 aromatic carbocycles. The van der Waals surface area contributed by atoms with Crippen molar-refractivity contribution in [1.82, 2.24) is 0 Å². The highest BCUT2D eigenvalue weighted by Crippen LogP contribution is 2.34. The fourth-order valence-corrected chi connectivity index (χ4v) is 2.78. The standard InChI is InChI=1S/C15H22N2O/c1-5-16(6-2)12-8-9-14-13(10-12)15(18)11(4)17(14)7-3/h8-11H,5-7H2,1-4H3. The number of benzene rings is 1. The zero-order chi connectivity index (χ0) is 13.3. The third-order valence-corrected chi connectivity index (χ3v) is 3.87. The van der Waals surface area contributed by atoms with E-state index in [2.05, 4.69) is 48.8 Å². The smallest absolute Gasteiger partial charge is 0.187 e. The molecule has 1 aliphatic heterocycles. The molecule has 1 heterocycles. The Morgan fingerprint density at radius 3 is 2.44 bits per heavy atom. The number of rotatable bonds is 4. The molecular weight excluding hydrogens is 224 g/mol. The number of hydrogen-bond acceptors (Lipinski definition) is 3. The molecule has 0 spiro atoms. The van der Waals surface area contributed by atoms with Gasteiger partial charge in [-0.05, 0) is 45.9 Å². The number of carbonyl (C=O) groups is 1. The molecule has 0 radical (unpaired) electrons. The van der Waals surface area contributed by atoms with Gasteiger partial charge < -0.3 is 9.80 Å². The Hall–Kier alpha value is -1.51. The van der Waals surface area contributed by atoms with Crippen molar-refractivity contribution in [3.8, 4) is 0 Å². The number of nitrogens with zero attached hydrogens (tertiary/aromatic N) is 2. The van der Waals surface area contributed by atoms with Crippen LogP contribution >= 0.6 is 0 Å². The monoisotopic (exact) mass is 246 g/mol. The van der Waals surface area contributed by atoms with Gasteiger partial charge in [0.05, 0.1) is 6.04 Å². The number of fused-ring (bicyclic) bond motifs is 1. The third-order valence-electron chi connectivity index (χ3n) is 3.87. The minimum Gasteiger partial charge on any atom is -0.372 e. The van der Waals surface area contributed by atoms with Crippen LogP contribution in [0.25, 0.3) is 0 Å². The molecule has 0 saturated heterocycles. The molecule has 98 valence electrons. The molecule has 0 amide bonds. The van der Waals surface area contributed by atoms with E-state index in [1.807, 2.05) is 6.92 Å². The van der Waals surface area contributed by atoms with Crippen molar-refractivity contribution in [1.29, 1.82) is 0 Å². The summed E-state index contributed by atoms with van der Waals surface area (Å²) < 4.78 is 0. The molecule has 3 heteroatoms. The van der Waals surface area contributed by atoms with Gasteiger partial charge in [-0.15, -0.1) is 0 Å². The summed E-state index contributed by atoms with van der Waals surface area (Å²) in [5.41, 5.74) is 3.12. The molecule has 1 aromatic rings. The first kappa shape index (κ1) is 12.9. The van der Waals surface area contributed by atoms with Crippen LogP contribution in [0.5, 0.6) is 0 Å². The van der Waals surface area contributed by atoms with E-state index in [4.69, 9.17) is 0 Å². The van der Waals surface area contributed by atoms with E-state index >= 15 is 0 Å². The minimum atomic E-state index is -0.0167. The van der Waals surface area contributed by atoms with Gasteiger partial charge in [-0.2, -0.15) is 0 Å². The summed E-state index contributed by atoms with van der Waals surface area (Å²) in [7, 11) is 0. The lowest BCUT2D eigenvalue weighted by atomic mass is 10.1. The zero-order valence-electron chi connectivity index (χ0n) is 11.7. The fourth-order valence-electron chi connectivity index (χ4n) is 2.78. The van der Waals surface area contributed by atoms with Crippen molar-refractivity contribution in [2.45, 2.75) is 33.7 Å². The van der Waals surface area contributed by atoms with E-state index in [9.17, 15) is 4.79 Å². The van der Waals surface area contributed by atoms with Crippen LogP contribution in [-0.2, 0) is 0 Å². The predicted octanol–water partition coefficient (Wildman–Crippen LogP) is 2.94. The number of ketones is 1. The minimum absolute atomic E-state index is 0.0167. The van der Waals surface area contributed by atoms with Crippen LogP contribution in [-0.4, -0.2) is 31.5 Å². The highest BCUT2D eigenvalue weighted by atomic mass is 16.1. The average Bonchev–Trinajstić information content (AvgIpc) is 2.63. The van der Waals surface area contributed by atoms with Crippen molar-refractivity contribution < 1.29 is 4.79 Å². The Morgan fingerprint density at radius 2 is 1.89 bits per heavy atom. The molecule has 3 nitrogen and oxygen atoms in total. The fraction of sp³-hybridized carbons (Fsp3) is 0.533. The average molecular weight is 246 g/mol. The highest BCUT2D eigenvalue weighted by molar-refractivity contribution is 6.11. The Labute approximate surface area is 109 Å². The molecule has 1 aliphatic rings. The number of likely N-dealkylation sites (N-methyl/N-ethyl adjacent to an activating group) is 1. The highest BCUT2D eigenvalue weighted by Gasteiger charge is 2.33. The summed E-state index contributed by atoms with van der Waals surface area (Å²) >= 11 is 0. The Bertz CT molecular complexity index is 452. The van der Waals surface area contributed by atoms with Crippen LogP contribution in [0.4, 0.5) is 11.4 Å². The summed E-state index contributed by atoms with van der Waals surface area (Å²) in [5, 5.41) is 0. The molecule has 0 bridgehead atoms. The van der Waals surface area contributed by atoms with Crippen LogP contribution in [0.2, 0.25) is 0 Å². The second-order valence-corrected chi connectivity index (χ2v) is 4.70. The largest absolute Gasteiger partial charge is 0.372 e. The Morgan fingerprint density at radius 1 is 1.22 bits per heavy atom. The lowest BCUT2D eigenvalue weighted by Crippen LogP contribution is -2.32. The van der Waals surface area contributed by atoms with Crippen molar-refractivity contribution >= 4 is 17.2 Å². The maximum absolute atomic E-state index is 12.3. The van der Waals surface area contributed by atoms with Crippen LogP contribution < -0.4 is 9.80 Å². The molecule has 0 fully saturated rings. The van der Waals surface area contributed by atoms with Crippen LogP contribution in [0.1, 0.15) is 38.1 Å². The SMILES string of the molecule is CCN(CC)c1ccc2c(c1)C(=O)C(C)N2CC. The summed E-state index contributed by atoms with van der Waals surface area (Å²) in [6, 6.07) is 6.25. The lowest BCUT2D eigenvalue weighted by molar-refractivity contribution is 0.0977. The first-order valence-corrected chi connectivity index (χ1v) is 6.83. The van der Waals surface area contributed by atoms with Gasteiger partial charge in [0.25, 0.3) is 0 Å². The summed E-state index contributed by atoms with van der Waals surface area (Å²) in [6.07, 6.45) is 0. The van der Waals surface area contributed by atoms with Crippen molar-refractivity contribution in [2.24, 2.45) is 0 Å². The summed E-state index contributed by atoms with van der Waals surface area (Å²) in [4.78, 5) is 16.7. The Balaban J connectivity index is 2.42. The van der Waals surface area contributed by atoms with Crippen molar-refractivity contribution in [3.63, 3.8) is 0 Å². The van der Waals surface area contributed by atoms with Crippen LogP contribution in [0.15, 0.2) is 18.2 Å². The van der Waals surface area contributed by atoms with E-state index in [1.165, 1.54) is 0 Å². The topological polar surface area (TPSA) is 23.6 Å². The summed E-state index contributed by atoms with van der Waals surface area (Å²) in [5.74, 6) is 0.251. The maximum Gasteiger partial charge on any atom is 0.187 e. The van der Waals surface area contributed by atoms with Gasteiger partial charge in [0.1, 0.15) is 0 Å². The first-order chi connectivity index (χ1) is 8.63. The van der Waals surface area contributed by atoms with Gasteiger partial charge in [-0.25, -0.2) is 0 Å². The molecule has 18 heavy (non-hydrogen) atoms. The van der Waals surface area contributed by atoms with Gasteiger partial charge in [0.15, 0.2) is 5.78 Å². The third kappa shape index (κ3) is 1.88. The normalized spacial score (nSPS) is 18.1. The summed E-state index contributed by atoms with van der Waals surface area (Å²) in [6.45, 7) is 11.2. The van der Waals surface area contributed by atoms with Crippen molar-refractivity contribution in [2.75, 3.05) is 29.4 Å². The van der Waals surface area contributed by atoms with Gasteiger partial charge in [0, 0.05) is 36.6 Å². The van der Waals surface area contributed by atoms with E-state index in [1.54, 1.807) is 0 Å². The van der Waals surface area contributed by atoms with Crippen molar-refractivity contribution in [3.05, 3.63) is 23.8 Å². The molecule has 0 saturated carbocycles. The van der Waals surface area contributed by atoms with E-state index in [-0.39, 0.29) is 11.8 Å². The van der Waals surface area contributed by atoms with Gasteiger partial charge in [-0.3, -0.25) is 4.79 Å². The lowest BCUT2D eigenvalue weighted by Gasteiger charge is -2.23. The number of Topliss-reactive ketones (excluding diaryl/α,β-unsaturated/α-hetero) is 1. The number of hydrogen-bond donors (Lipinski definition) is 0. The van der Waals surface area contributed by atoms with E-state index < -0.39 is 0 Å². The molecule has 1 unspecified atom stereocenters. The first-order valence-electron chi connectivity index (χ1n) is 6.83. The maximum atomic E-state index is 12.3. The number of anilines is 2. The van der Waals surface area contributed by atoms with Crippen LogP contribution in [0.3, 0.4) is 0 Å². The quantitative estimate of drug-likeness (QED) is 0.816. The van der Waals surface area contributed by atoms with Gasteiger partial charge in [-0.1, -0.05) is 0 Å². The molecule has 0 N–H and O–H groups in total.